The molecule has 0 bridgehead atoms. The molecule has 0 aliphatic carbocycles. The van der Waals surface area contributed by atoms with Gasteiger partial charge in [0.25, 0.3) is 0 Å². The van der Waals surface area contributed by atoms with Crippen LogP contribution in [0, 0.1) is 0 Å². The van der Waals surface area contributed by atoms with Gasteiger partial charge in [0.1, 0.15) is 0 Å². The molecule has 4 heteroatoms. The molecule has 76 valence electrons. The number of hydrogen-bond donors (Lipinski definition) is 1. The van der Waals surface area contributed by atoms with Crippen LogP contribution >= 0.6 is 23.2 Å². The molecule has 1 aromatic rings. The van der Waals surface area contributed by atoms with Crippen molar-refractivity contribution in [2.75, 3.05) is 6.54 Å². The Hall–Kier alpha value is -0.280. The molecule has 1 fully saturated rings. The number of nitrogens with two attached hydrogens (primary N) is 1. The number of hydrogen-bond acceptors (Lipinski definition) is 2. The van der Waals surface area contributed by atoms with E-state index in [0.29, 0.717) is 10.0 Å². The Morgan fingerprint density at radius 2 is 2.14 bits per heavy atom. The van der Waals surface area contributed by atoms with E-state index in [2.05, 4.69) is 0 Å². The fourth-order valence-electron chi connectivity index (χ4n) is 1.89. The summed E-state index contributed by atoms with van der Waals surface area (Å²) in [6.45, 7) is 0.934. The second-order valence-corrected chi connectivity index (χ2v) is 4.41. The van der Waals surface area contributed by atoms with Crippen molar-refractivity contribution in [2.24, 2.45) is 5.84 Å². The molecule has 0 radical (unpaired) electrons. The largest absolute Gasteiger partial charge is 0.268 e. The van der Waals surface area contributed by atoms with Crippen LogP contribution in [0.5, 0.6) is 0 Å². The average molecular weight is 231 g/mol. The van der Waals surface area contributed by atoms with Gasteiger partial charge in [-0.15, -0.1) is 0 Å². The Bertz CT molecular complexity index is 341. The standard InChI is InChI=1S/C10H12Cl2N2/c11-7-3-4-8(9(12)6-7)10-2-1-5-14(10)13/h3-4,6,10H,1-2,5,13H2. The molecule has 1 atom stereocenters. The first-order valence-corrected chi connectivity index (χ1v) is 5.40. The van der Waals surface area contributed by atoms with Gasteiger partial charge in [0.15, 0.2) is 0 Å². The lowest BCUT2D eigenvalue weighted by Gasteiger charge is -2.20. The number of hydrazine groups is 1. The van der Waals surface area contributed by atoms with Gasteiger partial charge in [-0.05, 0) is 30.5 Å². The van der Waals surface area contributed by atoms with Crippen molar-refractivity contribution in [3.05, 3.63) is 33.8 Å². The maximum Gasteiger partial charge on any atom is 0.0505 e. The third-order valence-electron chi connectivity index (χ3n) is 2.62. The van der Waals surface area contributed by atoms with Gasteiger partial charge in [0.05, 0.1) is 6.04 Å². The summed E-state index contributed by atoms with van der Waals surface area (Å²) in [6.07, 6.45) is 2.19. The average Bonchev–Trinajstić information content (AvgIpc) is 2.52. The van der Waals surface area contributed by atoms with Crippen LogP contribution in [0.4, 0.5) is 0 Å². The first kappa shape index (κ1) is 10.2. The highest BCUT2D eigenvalue weighted by molar-refractivity contribution is 6.35. The summed E-state index contributed by atoms with van der Waals surface area (Å²) in [5, 5.41) is 3.22. The third kappa shape index (κ3) is 1.89. The lowest BCUT2D eigenvalue weighted by atomic mass is 10.1. The molecule has 0 spiro atoms. The van der Waals surface area contributed by atoms with Crippen LogP contribution in [0.1, 0.15) is 24.4 Å². The Balaban J connectivity index is 2.31. The van der Waals surface area contributed by atoms with Gasteiger partial charge >= 0.3 is 0 Å². The van der Waals surface area contributed by atoms with E-state index >= 15 is 0 Å². The van der Waals surface area contributed by atoms with Crippen LogP contribution in [-0.2, 0) is 0 Å². The molecule has 1 heterocycles. The summed E-state index contributed by atoms with van der Waals surface area (Å²) in [4.78, 5) is 0. The molecule has 1 aromatic carbocycles. The minimum Gasteiger partial charge on any atom is -0.268 e. The Morgan fingerprint density at radius 3 is 2.71 bits per heavy atom. The maximum atomic E-state index is 6.11. The van der Waals surface area contributed by atoms with E-state index in [4.69, 9.17) is 29.0 Å². The second-order valence-electron chi connectivity index (χ2n) is 3.56. The Kier molecular flexibility index (Phi) is 2.98. The van der Waals surface area contributed by atoms with Crippen LogP contribution in [0.25, 0.3) is 0 Å². The summed E-state index contributed by atoms with van der Waals surface area (Å²) in [6, 6.07) is 5.83. The zero-order valence-electron chi connectivity index (χ0n) is 7.71. The normalized spacial score (nSPS) is 22.9. The first-order valence-electron chi connectivity index (χ1n) is 4.65. The molecule has 1 unspecified atom stereocenters. The molecule has 2 nitrogen and oxygen atoms in total. The number of benzene rings is 1. The fraction of sp³-hybridized carbons (Fsp3) is 0.400. The molecule has 2 N–H and O–H groups in total. The highest BCUT2D eigenvalue weighted by atomic mass is 35.5. The van der Waals surface area contributed by atoms with Crippen molar-refractivity contribution < 1.29 is 0 Å². The van der Waals surface area contributed by atoms with E-state index in [1.54, 1.807) is 6.07 Å². The predicted octanol–water partition coefficient (Wildman–Crippen LogP) is 3.00. The van der Waals surface area contributed by atoms with Crippen molar-refractivity contribution in [3.63, 3.8) is 0 Å². The molecule has 1 aliphatic rings. The van der Waals surface area contributed by atoms with Crippen molar-refractivity contribution >= 4 is 23.2 Å². The summed E-state index contributed by atoms with van der Waals surface area (Å²) in [7, 11) is 0. The topological polar surface area (TPSA) is 29.3 Å². The van der Waals surface area contributed by atoms with Gasteiger partial charge in [-0.1, -0.05) is 29.3 Å². The smallest absolute Gasteiger partial charge is 0.0505 e. The first-order chi connectivity index (χ1) is 6.68. The highest BCUT2D eigenvalue weighted by Crippen LogP contribution is 2.34. The SMILES string of the molecule is NN1CCCC1c1ccc(Cl)cc1Cl. The quantitative estimate of drug-likeness (QED) is 0.753. The summed E-state index contributed by atoms with van der Waals surface area (Å²) < 4.78 is 0. The molecule has 1 aliphatic heterocycles. The van der Waals surface area contributed by atoms with Crippen LogP contribution in [0.3, 0.4) is 0 Å². The lowest BCUT2D eigenvalue weighted by Crippen LogP contribution is -2.30. The summed E-state index contributed by atoms with van der Waals surface area (Å²) >= 11 is 11.9. The van der Waals surface area contributed by atoms with E-state index in [0.717, 1.165) is 24.9 Å². The van der Waals surface area contributed by atoms with Gasteiger partial charge in [-0.3, -0.25) is 5.84 Å². The molecule has 14 heavy (non-hydrogen) atoms. The molecule has 2 rings (SSSR count). The van der Waals surface area contributed by atoms with Crippen LogP contribution in [-0.4, -0.2) is 11.6 Å². The summed E-state index contributed by atoms with van der Waals surface area (Å²) in [5.74, 6) is 5.86. The highest BCUT2D eigenvalue weighted by Gasteiger charge is 2.24. The van der Waals surface area contributed by atoms with Gasteiger partial charge in [-0.2, -0.15) is 0 Å². The monoisotopic (exact) mass is 230 g/mol. The van der Waals surface area contributed by atoms with Crippen LogP contribution in [0.2, 0.25) is 10.0 Å². The number of halogens is 2. The zero-order valence-corrected chi connectivity index (χ0v) is 9.22. The lowest BCUT2D eigenvalue weighted by molar-refractivity contribution is 0.266. The Morgan fingerprint density at radius 1 is 1.36 bits per heavy atom. The molecular weight excluding hydrogens is 219 g/mol. The van der Waals surface area contributed by atoms with Gasteiger partial charge in [0.2, 0.25) is 0 Å². The van der Waals surface area contributed by atoms with Crippen molar-refractivity contribution in [2.45, 2.75) is 18.9 Å². The minimum absolute atomic E-state index is 0.250. The molecular formula is C10H12Cl2N2. The maximum absolute atomic E-state index is 6.11. The fourth-order valence-corrected chi connectivity index (χ4v) is 2.43. The molecule has 0 saturated carbocycles. The van der Waals surface area contributed by atoms with Gasteiger partial charge in [0, 0.05) is 16.6 Å². The molecule has 0 aromatic heterocycles. The summed E-state index contributed by atoms with van der Waals surface area (Å²) in [5.41, 5.74) is 1.08. The minimum atomic E-state index is 0.250. The molecule has 1 saturated heterocycles. The van der Waals surface area contributed by atoms with Gasteiger partial charge < -0.3 is 0 Å². The van der Waals surface area contributed by atoms with E-state index in [1.165, 1.54) is 0 Å². The van der Waals surface area contributed by atoms with Gasteiger partial charge in [-0.25, -0.2) is 5.01 Å². The van der Waals surface area contributed by atoms with E-state index in [-0.39, 0.29) is 6.04 Å². The van der Waals surface area contributed by atoms with Crippen molar-refractivity contribution in [1.29, 1.82) is 0 Å². The van der Waals surface area contributed by atoms with Crippen LogP contribution in [0.15, 0.2) is 18.2 Å². The Labute approximate surface area is 93.6 Å². The predicted molar refractivity (Wildman–Crippen MR) is 59.3 cm³/mol. The zero-order chi connectivity index (χ0) is 10.1. The van der Waals surface area contributed by atoms with Crippen molar-refractivity contribution in [1.82, 2.24) is 5.01 Å². The third-order valence-corrected chi connectivity index (χ3v) is 3.18. The van der Waals surface area contributed by atoms with E-state index in [1.807, 2.05) is 17.1 Å². The number of rotatable bonds is 1. The van der Waals surface area contributed by atoms with Crippen LogP contribution < -0.4 is 5.84 Å². The van der Waals surface area contributed by atoms with E-state index < -0.39 is 0 Å². The number of nitrogens with zero attached hydrogens (tertiary/aromatic N) is 1. The van der Waals surface area contributed by atoms with Crippen molar-refractivity contribution in [3.8, 4) is 0 Å². The van der Waals surface area contributed by atoms with E-state index in [9.17, 15) is 0 Å². The second kappa shape index (κ2) is 4.07. The molecule has 0 amide bonds.